The fourth-order valence-corrected chi connectivity index (χ4v) is 3.41. The van der Waals surface area contributed by atoms with Crippen molar-refractivity contribution in [3.63, 3.8) is 0 Å². The molecule has 8 heteroatoms. The lowest BCUT2D eigenvalue weighted by Crippen LogP contribution is -2.48. The summed E-state index contributed by atoms with van der Waals surface area (Å²) in [4.78, 5) is 13.8. The number of aliphatic hydroxyl groups is 1. The van der Waals surface area contributed by atoms with Gasteiger partial charge in [-0.1, -0.05) is 0 Å². The second-order valence-electron chi connectivity index (χ2n) is 5.67. The second kappa shape index (κ2) is 5.20. The van der Waals surface area contributed by atoms with Gasteiger partial charge in [0.05, 0.1) is 18.1 Å². The van der Waals surface area contributed by atoms with E-state index in [1.165, 1.54) is 9.32 Å². The number of halogens is 1. The Kier molecular flexibility index (Phi) is 4.56. The van der Waals surface area contributed by atoms with Crippen molar-refractivity contribution in [1.29, 1.82) is 0 Å². The van der Waals surface area contributed by atoms with Crippen LogP contribution in [0, 0.1) is 0 Å². The van der Waals surface area contributed by atoms with Gasteiger partial charge in [0.15, 0.2) is 9.84 Å². The van der Waals surface area contributed by atoms with E-state index in [9.17, 15) is 13.2 Å². The molecule has 112 valence electrons. The van der Waals surface area contributed by atoms with Gasteiger partial charge in [-0.25, -0.2) is 8.42 Å². The number of amides is 1. The first kappa shape index (κ1) is 16.7. The van der Waals surface area contributed by atoms with Gasteiger partial charge in [-0.3, -0.25) is 4.79 Å². The van der Waals surface area contributed by atoms with Crippen molar-refractivity contribution >= 4 is 27.5 Å². The van der Waals surface area contributed by atoms with Gasteiger partial charge in [0, 0.05) is 6.54 Å². The summed E-state index contributed by atoms with van der Waals surface area (Å²) in [6.45, 7) is 6.60. The van der Waals surface area contributed by atoms with Gasteiger partial charge >= 0.3 is 0 Å². The number of aliphatic hydroxyl groups excluding tert-OH is 1. The molecule has 1 aliphatic rings. The van der Waals surface area contributed by atoms with Crippen molar-refractivity contribution in [2.45, 2.75) is 38.9 Å². The Hall–Kier alpha value is -0.370. The third kappa shape index (κ3) is 3.04. The molecule has 0 aromatic heterocycles. The first-order valence-corrected chi connectivity index (χ1v) is 8.22. The first-order chi connectivity index (χ1) is 8.47. The third-order valence-electron chi connectivity index (χ3n) is 3.43. The summed E-state index contributed by atoms with van der Waals surface area (Å²) >= 11 is 6.18. The van der Waals surface area contributed by atoms with E-state index in [0.29, 0.717) is 0 Å². The van der Waals surface area contributed by atoms with E-state index in [2.05, 4.69) is 0 Å². The fourth-order valence-electron chi connectivity index (χ4n) is 2.30. The molecule has 19 heavy (non-hydrogen) atoms. The summed E-state index contributed by atoms with van der Waals surface area (Å²) in [6, 6.07) is 0. The van der Waals surface area contributed by atoms with Crippen molar-refractivity contribution < 1.29 is 18.3 Å². The summed E-state index contributed by atoms with van der Waals surface area (Å²) in [5, 5.41) is 8.68. The van der Waals surface area contributed by atoms with Crippen LogP contribution in [0.25, 0.3) is 0 Å². The molecule has 0 aliphatic carbocycles. The summed E-state index contributed by atoms with van der Waals surface area (Å²) < 4.78 is 24.6. The Morgan fingerprint density at radius 3 is 2.11 bits per heavy atom. The number of nitrogens with zero attached hydrogens (tertiary/aromatic N) is 2. The molecule has 6 nitrogen and oxygen atoms in total. The molecular weight excluding hydrogens is 292 g/mol. The van der Waals surface area contributed by atoms with E-state index < -0.39 is 27.6 Å². The number of hydrogen-bond donors (Lipinski definition) is 1. The summed E-state index contributed by atoms with van der Waals surface area (Å²) in [7, 11) is -3.35. The van der Waals surface area contributed by atoms with E-state index >= 15 is 0 Å². The highest BCUT2D eigenvalue weighted by Crippen LogP contribution is 2.39. The maximum atomic E-state index is 12.3. The minimum absolute atomic E-state index is 0.0703. The lowest BCUT2D eigenvalue weighted by molar-refractivity contribution is -0.133. The van der Waals surface area contributed by atoms with Crippen LogP contribution in [-0.4, -0.2) is 64.6 Å². The van der Waals surface area contributed by atoms with Gasteiger partial charge in [-0.15, -0.1) is 0 Å². The van der Waals surface area contributed by atoms with Gasteiger partial charge in [0.2, 0.25) is 5.91 Å². The molecule has 0 radical (unpaired) electrons. The van der Waals surface area contributed by atoms with E-state index in [1.54, 1.807) is 27.7 Å². The second-order valence-corrected chi connectivity index (χ2v) is 8.31. The Labute approximate surface area is 119 Å². The molecule has 0 aromatic carbocycles. The zero-order chi connectivity index (χ0) is 15.1. The summed E-state index contributed by atoms with van der Waals surface area (Å²) in [6.07, 6.45) is 0. The summed E-state index contributed by atoms with van der Waals surface area (Å²) in [5.41, 5.74) is -1.62. The van der Waals surface area contributed by atoms with E-state index in [1.807, 2.05) is 0 Å². The van der Waals surface area contributed by atoms with Crippen LogP contribution in [0.2, 0.25) is 0 Å². The van der Waals surface area contributed by atoms with Crippen LogP contribution in [0.3, 0.4) is 0 Å². The Balaban J connectivity index is 2.87. The minimum atomic E-state index is -3.35. The van der Waals surface area contributed by atoms with Gasteiger partial charge in [0.25, 0.3) is 0 Å². The van der Waals surface area contributed by atoms with Crippen LogP contribution in [0.5, 0.6) is 0 Å². The Bertz CT molecular complexity index is 461. The zero-order valence-corrected chi connectivity index (χ0v) is 13.3. The topological polar surface area (TPSA) is 77.9 Å². The molecule has 0 unspecified atom stereocenters. The third-order valence-corrected chi connectivity index (χ3v) is 5.87. The molecule has 0 spiro atoms. The molecule has 0 bridgehead atoms. The quantitative estimate of drug-likeness (QED) is 0.734. The normalized spacial score (nSPS) is 23.1. The fraction of sp³-hybridized carbons (Fsp3) is 0.909. The van der Waals surface area contributed by atoms with E-state index in [0.717, 1.165) is 0 Å². The van der Waals surface area contributed by atoms with Crippen LogP contribution in [0.4, 0.5) is 0 Å². The largest absolute Gasteiger partial charge is 0.395 e. The van der Waals surface area contributed by atoms with E-state index in [4.69, 9.17) is 16.9 Å². The average molecular weight is 313 g/mol. The molecule has 0 aromatic rings. The van der Waals surface area contributed by atoms with Crippen LogP contribution < -0.4 is 0 Å². The van der Waals surface area contributed by atoms with Crippen molar-refractivity contribution in [3.8, 4) is 0 Å². The standard InChI is InChI=1S/C11H21ClN2O4S/c1-10(2)9(16)13(11(3,4)14(10)12)5-7-19(17,18)8-6-15/h15H,5-8H2,1-4H3. The number of carbonyl (C=O) groups excluding carboxylic acids is 1. The van der Waals surface area contributed by atoms with Crippen molar-refractivity contribution in [2.75, 3.05) is 24.7 Å². The van der Waals surface area contributed by atoms with Gasteiger partial charge in [0.1, 0.15) is 11.2 Å². The highest BCUT2D eigenvalue weighted by molar-refractivity contribution is 7.91. The predicted molar refractivity (Wildman–Crippen MR) is 73.3 cm³/mol. The smallest absolute Gasteiger partial charge is 0.245 e. The van der Waals surface area contributed by atoms with Crippen LogP contribution in [-0.2, 0) is 14.6 Å². The first-order valence-electron chi connectivity index (χ1n) is 6.06. The van der Waals surface area contributed by atoms with Gasteiger partial charge in [-0.05, 0) is 39.5 Å². The molecule has 1 fully saturated rings. The molecule has 1 heterocycles. The number of carbonyl (C=O) groups is 1. The number of hydrogen-bond acceptors (Lipinski definition) is 5. The molecule has 0 atom stereocenters. The summed E-state index contributed by atoms with van der Waals surface area (Å²) in [5.74, 6) is -0.667. The SMILES string of the molecule is CC1(C)C(=O)N(CCS(=O)(=O)CCO)C(C)(C)N1Cl. The van der Waals surface area contributed by atoms with Crippen molar-refractivity contribution in [1.82, 2.24) is 9.32 Å². The average Bonchev–Trinajstić information content (AvgIpc) is 2.36. The lowest BCUT2D eigenvalue weighted by atomic mass is 10.1. The van der Waals surface area contributed by atoms with Crippen LogP contribution >= 0.6 is 11.8 Å². The van der Waals surface area contributed by atoms with Crippen LogP contribution in [0.1, 0.15) is 27.7 Å². The highest BCUT2D eigenvalue weighted by atomic mass is 35.5. The minimum Gasteiger partial charge on any atom is -0.395 e. The molecule has 0 saturated carbocycles. The van der Waals surface area contributed by atoms with Crippen molar-refractivity contribution in [2.24, 2.45) is 0 Å². The van der Waals surface area contributed by atoms with E-state index in [-0.39, 0.29) is 24.0 Å². The van der Waals surface area contributed by atoms with Gasteiger partial charge in [-0.2, -0.15) is 4.42 Å². The molecule has 1 saturated heterocycles. The molecule has 1 amide bonds. The Morgan fingerprint density at radius 2 is 1.74 bits per heavy atom. The molecule has 1 rings (SSSR count). The molecule has 1 aliphatic heterocycles. The predicted octanol–water partition coefficient (Wildman–Crippen LogP) is 0.206. The number of rotatable bonds is 5. The van der Waals surface area contributed by atoms with Crippen molar-refractivity contribution in [3.05, 3.63) is 0 Å². The molecule has 1 N–H and O–H groups in total. The van der Waals surface area contributed by atoms with Crippen LogP contribution in [0.15, 0.2) is 0 Å². The van der Waals surface area contributed by atoms with Gasteiger partial charge < -0.3 is 10.0 Å². The molecular formula is C11H21ClN2O4S. The monoisotopic (exact) mass is 312 g/mol. The maximum absolute atomic E-state index is 12.3. The number of sulfone groups is 1. The lowest BCUT2D eigenvalue weighted by Gasteiger charge is -2.35. The Morgan fingerprint density at radius 1 is 1.21 bits per heavy atom. The highest BCUT2D eigenvalue weighted by Gasteiger charge is 2.56. The maximum Gasteiger partial charge on any atom is 0.245 e. The zero-order valence-electron chi connectivity index (χ0n) is 11.7.